The molecule has 2 aromatic carbocycles. The Balaban J connectivity index is 2.02. The molecule has 0 aliphatic heterocycles. The number of hydrogen-bond acceptors (Lipinski definition) is 5. The first-order valence-corrected chi connectivity index (χ1v) is 11.0. The lowest BCUT2D eigenvalue weighted by Crippen LogP contribution is -2.31. The van der Waals surface area contributed by atoms with Crippen molar-refractivity contribution in [2.75, 3.05) is 32.2 Å². The maximum atomic E-state index is 12.4. The normalized spacial score (nSPS) is 11.2. The highest BCUT2D eigenvalue weighted by Crippen LogP contribution is 2.27. The van der Waals surface area contributed by atoms with Crippen LogP contribution in [0.25, 0.3) is 0 Å². The number of nitrogens with one attached hydrogen (secondary N) is 1. The summed E-state index contributed by atoms with van der Waals surface area (Å²) in [5.41, 5.74) is 0.656. The fourth-order valence-electron chi connectivity index (χ4n) is 2.43. The summed E-state index contributed by atoms with van der Waals surface area (Å²) in [5.74, 6) is 0.564. The topological polar surface area (TPSA) is 84.9 Å². The monoisotopic (exact) mass is 440 g/mol. The molecular weight excluding hydrogens is 416 g/mol. The maximum Gasteiger partial charge on any atom is 0.264 e. The van der Waals surface area contributed by atoms with Crippen molar-refractivity contribution in [2.45, 2.75) is 24.7 Å². The van der Waals surface area contributed by atoms with E-state index in [9.17, 15) is 13.2 Å². The lowest BCUT2D eigenvalue weighted by Gasteiger charge is -2.18. The van der Waals surface area contributed by atoms with Crippen LogP contribution in [0.3, 0.4) is 0 Å². The number of amides is 1. The van der Waals surface area contributed by atoms with Crippen LogP contribution in [0.2, 0.25) is 5.02 Å². The predicted molar refractivity (Wildman–Crippen MR) is 113 cm³/mol. The molecule has 0 atom stereocenters. The van der Waals surface area contributed by atoms with Crippen LogP contribution in [0.5, 0.6) is 11.5 Å². The Bertz CT molecular complexity index is 950. The van der Waals surface area contributed by atoms with Crippen molar-refractivity contribution in [3.05, 3.63) is 47.5 Å². The number of nitrogens with zero attached hydrogens (tertiary/aromatic N) is 1. The summed E-state index contributed by atoms with van der Waals surface area (Å²) in [4.78, 5) is 13.9. The maximum absolute atomic E-state index is 12.4. The van der Waals surface area contributed by atoms with Gasteiger partial charge in [0.2, 0.25) is 10.0 Å². The Morgan fingerprint density at radius 2 is 1.97 bits per heavy atom. The van der Waals surface area contributed by atoms with Gasteiger partial charge >= 0.3 is 0 Å². The second kappa shape index (κ2) is 10.5. The number of halogens is 1. The number of ether oxygens (including phenoxy) is 2. The SMILES string of the molecule is CCCCNS(=O)(=O)c1ccc(OCC(=O)N(C)c2cccc(OC)c2)c(Cl)c1. The lowest BCUT2D eigenvalue weighted by molar-refractivity contribution is -0.120. The van der Waals surface area contributed by atoms with Gasteiger partial charge in [-0.3, -0.25) is 4.79 Å². The number of unbranched alkanes of at least 4 members (excludes halogenated alkanes) is 1. The van der Waals surface area contributed by atoms with E-state index in [4.69, 9.17) is 21.1 Å². The zero-order valence-corrected chi connectivity index (χ0v) is 18.2. The quantitative estimate of drug-likeness (QED) is 0.572. The van der Waals surface area contributed by atoms with Gasteiger partial charge in [0.15, 0.2) is 6.61 Å². The molecule has 0 aliphatic carbocycles. The smallest absolute Gasteiger partial charge is 0.264 e. The molecule has 7 nitrogen and oxygen atoms in total. The first kappa shape index (κ1) is 23.0. The fourth-order valence-corrected chi connectivity index (χ4v) is 3.83. The second-order valence-electron chi connectivity index (χ2n) is 6.29. The van der Waals surface area contributed by atoms with E-state index in [2.05, 4.69) is 4.72 Å². The van der Waals surface area contributed by atoms with E-state index >= 15 is 0 Å². The van der Waals surface area contributed by atoms with Crippen molar-refractivity contribution in [2.24, 2.45) is 0 Å². The number of carbonyl (C=O) groups excluding carboxylic acids is 1. The van der Waals surface area contributed by atoms with Crippen LogP contribution in [0.15, 0.2) is 47.4 Å². The summed E-state index contributed by atoms with van der Waals surface area (Å²) < 4.78 is 37.7. The van der Waals surface area contributed by atoms with Crippen LogP contribution in [0.1, 0.15) is 19.8 Å². The lowest BCUT2D eigenvalue weighted by atomic mass is 10.3. The van der Waals surface area contributed by atoms with Gasteiger partial charge in [-0.1, -0.05) is 31.0 Å². The van der Waals surface area contributed by atoms with Gasteiger partial charge in [-0.15, -0.1) is 0 Å². The summed E-state index contributed by atoms with van der Waals surface area (Å²) in [5, 5.41) is 0.111. The van der Waals surface area contributed by atoms with Gasteiger partial charge in [0.05, 0.1) is 17.0 Å². The van der Waals surface area contributed by atoms with Gasteiger partial charge in [-0.25, -0.2) is 13.1 Å². The van der Waals surface area contributed by atoms with Crippen LogP contribution in [0.4, 0.5) is 5.69 Å². The van der Waals surface area contributed by atoms with E-state index in [1.54, 1.807) is 38.4 Å². The molecule has 0 aliphatic rings. The Morgan fingerprint density at radius 1 is 1.21 bits per heavy atom. The van der Waals surface area contributed by atoms with Gasteiger partial charge in [-0.2, -0.15) is 0 Å². The third-order valence-electron chi connectivity index (χ3n) is 4.20. The molecule has 2 rings (SSSR count). The summed E-state index contributed by atoms with van der Waals surface area (Å²) >= 11 is 6.16. The van der Waals surface area contributed by atoms with Gasteiger partial charge < -0.3 is 14.4 Å². The third kappa shape index (κ3) is 6.35. The van der Waals surface area contributed by atoms with Crippen LogP contribution in [0, 0.1) is 0 Å². The summed E-state index contributed by atoms with van der Waals surface area (Å²) in [6.07, 6.45) is 1.63. The molecule has 29 heavy (non-hydrogen) atoms. The van der Waals surface area contributed by atoms with E-state index < -0.39 is 10.0 Å². The molecule has 0 bridgehead atoms. The number of anilines is 1. The molecule has 0 radical (unpaired) electrons. The van der Waals surface area contributed by atoms with E-state index in [0.29, 0.717) is 18.0 Å². The molecule has 0 aromatic heterocycles. The number of methoxy groups -OCH3 is 1. The second-order valence-corrected chi connectivity index (χ2v) is 8.46. The van der Waals surface area contributed by atoms with Gasteiger partial charge in [-0.05, 0) is 36.8 Å². The van der Waals surface area contributed by atoms with Crippen molar-refractivity contribution >= 4 is 33.2 Å². The third-order valence-corrected chi connectivity index (χ3v) is 5.96. The molecule has 0 unspecified atom stereocenters. The molecule has 0 heterocycles. The van der Waals surface area contributed by atoms with Gasteiger partial charge in [0.1, 0.15) is 11.5 Å². The summed E-state index contributed by atoms with van der Waals surface area (Å²) in [6.45, 7) is 2.08. The Kier molecular flexibility index (Phi) is 8.31. The zero-order chi connectivity index (χ0) is 21.4. The highest BCUT2D eigenvalue weighted by Gasteiger charge is 2.17. The number of sulfonamides is 1. The molecule has 1 amide bonds. The van der Waals surface area contributed by atoms with E-state index in [1.165, 1.54) is 23.1 Å². The summed E-state index contributed by atoms with van der Waals surface area (Å²) in [6, 6.07) is 11.2. The molecule has 0 spiro atoms. The number of carbonyl (C=O) groups is 1. The molecular formula is C20H25ClN2O5S. The Hall–Kier alpha value is -2.29. The van der Waals surface area contributed by atoms with Crippen LogP contribution < -0.4 is 19.1 Å². The molecule has 0 fully saturated rings. The van der Waals surface area contributed by atoms with E-state index in [-0.39, 0.29) is 28.2 Å². The minimum Gasteiger partial charge on any atom is -0.497 e. The van der Waals surface area contributed by atoms with E-state index in [1.807, 2.05) is 6.92 Å². The molecule has 0 saturated carbocycles. The number of likely N-dealkylation sites (N-methyl/N-ethyl adjacent to an activating group) is 1. The highest BCUT2D eigenvalue weighted by atomic mass is 35.5. The number of benzene rings is 2. The Morgan fingerprint density at radius 3 is 2.62 bits per heavy atom. The predicted octanol–water partition coefficient (Wildman–Crippen LogP) is 3.47. The highest BCUT2D eigenvalue weighted by molar-refractivity contribution is 7.89. The van der Waals surface area contributed by atoms with E-state index in [0.717, 1.165) is 12.8 Å². The van der Waals surface area contributed by atoms with Gasteiger partial charge in [0, 0.05) is 25.3 Å². The van der Waals surface area contributed by atoms with Crippen LogP contribution >= 0.6 is 11.6 Å². The largest absolute Gasteiger partial charge is 0.497 e. The number of hydrogen-bond donors (Lipinski definition) is 1. The minimum atomic E-state index is -3.64. The zero-order valence-electron chi connectivity index (χ0n) is 16.6. The molecule has 9 heteroatoms. The van der Waals surface area contributed by atoms with Crippen LogP contribution in [-0.2, 0) is 14.8 Å². The average Bonchev–Trinajstić information content (AvgIpc) is 2.72. The van der Waals surface area contributed by atoms with Crippen molar-refractivity contribution in [1.82, 2.24) is 4.72 Å². The van der Waals surface area contributed by atoms with Crippen molar-refractivity contribution in [3.8, 4) is 11.5 Å². The van der Waals surface area contributed by atoms with Crippen molar-refractivity contribution < 1.29 is 22.7 Å². The fraction of sp³-hybridized carbons (Fsp3) is 0.350. The van der Waals surface area contributed by atoms with Crippen molar-refractivity contribution in [3.63, 3.8) is 0 Å². The number of rotatable bonds is 10. The minimum absolute atomic E-state index is 0.0470. The molecule has 158 valence electrons. The molecule has 2 aromatic rings. The van der Waals surface area contributed by atoms with Crippen LogP contribution in [-0.4, -0.2) is 41.6 Å². The van der Waals surface area contributed by atoms with Gasteiger partial charge in [0.25, 0.3) is 5.91 Å². The Labute approximate surface area is 176 Å². The standard InChI is InChI=1S/C20H25ClN2O5S/c1-4-5-11-22-29(25,26)17-9-10-19(18(21)13-17)28-14-20(24)23(2)15-7-6-8-16(12-15)27-3/h6-10,12-13,22H,4-5,11,14H2,1-3H3. The average molecular weight is 441 g/mol. The first-order chi connectivity index (χ1) is 13.8. The molecule has 0 saturated heterocycles. The summed E-state index contributed by atoms with van der Waals surface area (Å²) in [7, 11) is -0.461. The molecule has 1 N–H and O–H groups in total. The first-order valence-electron chi connectivity index (χ1n) is 9.11. The van der Waals surface area contributed by atoms with Crippen molar-refractivity contribution in [1.29, 1.82) is 0 Å².